The van der Waals surface area contributed by atoms with Crippen molar-refractivity contribution < 1.29 is 9.53 Å². The van der Waals surface area contributed by atoms with Crippen LogP contribution in [0.4, 0.5) is 0 Å². The minimum atomic E-state index is -0.160. The van der Waals surface area contributed by atoms with Crippen LogP contribution in [0.2, 0.25) is 0 Å². The van der Waals surface area contributed by atoms with E-state index in [1.54, 1.807) is 24.3 Å². The van der Waals surface area contributed by atoms with Crippen molar-refractivity contribution in [2.45, 2.75) is 38.7 Å². The van der Waals surface area contributed by atoms with Crippen LogP contribution in [-0.2, 0) is 4.74 Å². The summed E-state index contributed by atoms with van der Waals surface area (Å²) < 4.78 is 5.86. The van der Waals surface area contributed by atoms with Gasteiger partial charge in [-0.1, -0.05) is 25.8 Å². The van der Waals surface area contributed by atoms with E-state index >= 15 is 0 Å². The van der Waals surface area contributed by atoms with Crippen LogP contribution in [0.25, 0.3) is 0 Å². The molecule has 1 aromatic rings. The van der Waals surface area contributed by atoms with Crippen LogP contribution >= 0.6 is 0 Å². The predicted octanol–water partition coefficient (Wildman–Crippen LogP) is 2.88. The largest absolute Gasteiger partial charge is 0.376 e. The Kier molecular flexibility index (Phi) is 5.77. The van der Waals surface area contributed by atoms with Crippen molar-refractivity contribution in [3.05, 3.63) is 35.4 Å². The number of nitrogens with zero attached hydrogens (tertiary/aromatic N) is 1. The second kappa shape index (κ2) is 7.80. The van der Waals surface area contributed by atoms with Gasteiger partial charge in [0.25, 0.3) is 5.91 Å². The van der Waals surface area contributed by atoms with Gasteiger partial charge in [0, 0.05) is 12.1 Å². The molecule has 1 saturated carbocycles. The first kappa shape index (κ1) is 15.5. The highest BCUT2D eigenvalue weighted by Crippen LogP contribution is 2.25. The quantitative estimate of drug-likeness (QED) is 0.847. The fourth-order valence-electron chi connectivity index (χ4n) is 2.74. The normalized spacial score (nSPS) is 21.5. The Morgan fingerprint density at radius 3 is 3.00 bits per heavy atom. The topological polar surface area (TPSA) is 62.1 Å². The fraction of sp³-hybridized carbons (Fsp3) is 0.529. The van der Waals surface area contributed by atoms with Gasteiger partial charge in [-0.05, 0) is 37.0 Å². The highest BCUT2D eigenvalue weighted by atomic mass is 16.5. The molecule has 1 aliphatic carbocycles. The summed E-state index contributed by atoms with van der Waals surface area (Å²) in [4.78, 5) is 12.0. The minimum Gasteiger partial charge on any atom is -0.376 e. The lowest BCUT2D eigenvalue weighted by Crippen LogP contribution is -2.31. The van der Waals surface area contributed by atoms with Crippen molar-refractivity contribution >= 4 is 5.91 Å². The molecule has 2 atom stereocenters. The number of benzene rings is 1. The summed E-state index contributed by atoms with van der Waals surface area (Å²) in [7, 11) is 0. The van der Waals surface area contributed by atoms with Crippen molar-refractivity contribution in [2.75, 3.05) is 13.2 Å². The summed E-state index contributed by atoms with van der Waals surface area (Å²) in [6.45, 7) is 3.27. The molecule has 2 rings (SSSR count). The van der Waals surface area contributed by atoms with Crippen molar-refractivity contribution in [1.29, 1.82) is 5.26 Å². The lowest BCUT2D eigenvalue weighted by molar-refractivity contribution is -0.00293. The van der Waals surface area contributed by atoms with Crippen LogP contribution in [0.1, 0.15) is 48.5 Å². The summed E-state index contributed by atoms with van der Waals surface area (Å²) in [6.07, 6.45) is 5.23. The van der Waals surface area contributed by atoms with Crippen LogP contribution in [0.3, 0.4) is 0 Å². The molecule has 1 amide bonds. The number of rotatable bonds is 5. The van der Waals surface area contributed by atoms with E-state index in [-0.39, 0.29) is 5.91 Å². The third-order valence-electron chi connectivity index (χ3n) is 4.01. The second-order valence-corrected chi connectivity index (χ2v) is 5.62. The summed E-state index contributed by atoms with van der Waals surface area (Å²) >= 11 is 0. The molecule has 0 aromatic heterocycles. The number of amides is 1. The van der Waals surface area contributed by atoms with E-state index in [0.717, 1.165) is 6.42 Å². The molecular weight excluding hydrogens is 264 g/mol. The lowest BCUT2D eigenvalue weighted by Gasteiger charge is -2.28. The van der Waals surface area contributed by atoms with Crippen molar-refractivity contribution in [3.8, 4) is 6.07 Å². The molecule has 0 spiro atoms. The fourth-order valence-corrected chi connectivity index (χ4v) is 2.74. The SMILES string of the molecule is CC1CCCCC1OCCNC(=O)c1cccc(C#N)c1. The van der Waals surface area contributed by atoms with Crippen LogP contribution in [0, 0.1) is 17.2 Å². The van der Waals surface area contributed by atoms with Crippen LogP contribution in [-0.4, -0.2) is 25.2 Å². The number of hydrogen-bond donors (Lipinski definition) is 1. The van der Waals surface area contributed by atoms with E-state index < -0.39 is 0 Å². The highest BCUT2D eigenvalue weighted by molar-refractivity contribution is 5.94. The first-order valence-corrected chi connectivity index (χ1v) is 7.60. The van der Waals surface area contributed by atoms with Gasteiger partial charge in [0.2, 0.25) is 0 Å². The van der Waals surface area contributed by atoms with Crippen LogP contribution < -0.4 is 5.32 Å². The summed E-state index contributed by atoms with van der Waals surface area (Å²) in [6, 6.07) is 8.74. The van der Waals surface area contributed by atoms with E-state index in [4.69, 9.17) is 10.00 Å². The molecule has 1 aromatic carbocycles. The standard InChI is InChI=1S/C17H22N2O2/c1-13-5-2-3-8-16(13)21-10-9-19-17(20)15-7-4-6-14(11-15)12-18/h4,6-7,11,13,16H,2-3,5,8-10H2,1H3,(H,19,20). The Morgan fingerprint density at radius 1 is 1.43 bits per heavy atom. The molecule has 1 fully saturated rings. The number of nitriles is 1. The molecule has 0 heterocycles. The van der Waals surface area contributed by atoms with Gasteiger partial charge in [-0.15, -0.1) is 0 Å². The number of hydrogen-bond acceptors (Lipinski definition) is 3. The molecule has 112 valence electrons. The lowest BCUT2D eigenvalue weighted by atomic mass is 9.88. The van der Waals surface area contributed by atoms with E-state index in [1.165, 1.54) is 19.3 Å². The van der Waals surface area contributed by atoms with Gasteiger partial charge in [0.05, 0.1) is 24.3 Å². The molecule has 0 saturated heterocycles. The molecule has 1 aliphatic rings. The Bertz CT molecular complexity index is 522. The summed E-state index contributed by atoms with van der Waals surface area (Å²) in [5.41, 5.74) is 1.01. The Hall–Kier alpha value is -1.86. The molecule has 0 aliphatic heterocycles. The molecule has 0 bridgehead atoms. The number of ether oxygens (including phenoxy) is 1. The molecule has 4 heteroatoms. The zero-order valence-corrected chi connectivity index (χ0v) is 12.5. The van der Waals surface area contributed by atoms with E-state index in [1.807, 2.05) is 6.07 Å². The second-order valence-electron chi connectivity index (χ2n) is 5.62. The first-order valence-electron chi connectivity index (χ1n) is 7.60. The molecule has 2 unspecified atom stereocenters. The maximum Gasteiger partial charge on any atom is 0.251 e. The molecular formula is C17H22N2O2. The van der Waals surface area contributed by atoms with Crippen LogP contribution in [0.15, 0.2) is 24.3 Å². The smallest absolute Gasteiger partial charge is 0.251 e. The van der Waals surface area contributed by atoms with E-state index in [2.05, 4.69) is 12.2 Å². The summed E-state index contributed by atoms with van der Waals surface area (Å²) in [5, 5.41) is 11.7. The van der Waals surface area contributed by atoms with Crippen molar-refractivity contribution in [3.63, 3.8) is 0 Å². The average Bonchev–Trinajstić information content (AvgIpc) is 2.53. The van der Waals surface area contributed by atoms with Gasteiger partial charge >= 0.3 is 0 Å². The van der Waals surface area contributed by atoms with Gasteiger partial charge in [0.1, 0.15) is 0 Å². The Morgan fingerprint density at radius 2 is 2.24 bits per heavy atom. The zero-order valence-electron chi connectivity index (χ0n) is 12.5. The van der Waals surface area contributed by atoms with E-state index in [0.29, 0.717) is 36.3 Å². The van der Waals surface area contributed by atoms with Crippen LogP contribution in [0.5, 0.6) is 0 Å². The number of carbonyl (C=O) groups excluding carboxylic acids is 1. The molecule has 4 nitrogen and oxygen atoms in total. The summed E-state index contributed by atoms with van der Waals surface area (Å²) in [5.74, 6) is 0.453. The molecule has 21 heavy (non-hydrogen) atoms. The highest BCUT2D eigenvalue weighted by Gasteiger charge is 2.21. The zero-order chi connectivity index (χ0) is 15.1. The third-order valence-corrected chi connectivity index (χ3v) is 4.01. The third kappa shape index (κ3) is 4.57. The molecule has 1 N–H and O–H groups in total. The number of carbonyl (C=O) groups is 1. The monoisotopic (exact) mass is 286 g/mol. The number of nitrogens with one attached hydrogen (secondary N) is 1. The van der Waals surface area contributed by atoms with Crippen molar-refractivity contribution in [1.82, 2.24) is 5.32 Å². The van der Waals surface area contributed by atoms with Gasteiger partial charge in [-0.2, -0.15) is 5.26 Å². The first-order chi connectivity index (χ1) is 10.2. The van der Waals surface area contributed by atoms with Gasteiger partial charge < -0.3 is 10.1 Å². The van der Waals surface area contributed by atoms with Gasteiger partial charge in [0.15, 0.2) is 0 Å². The maximum absolute atomic E-state index is 12.0. The Labute approximate surface area is 126 Å². The van der Waals surface area contributed by atoms with E-state index in [9.17, 15) is 4.79 Å². The predicted molar refractivity (Wildman–Crippen MR) is 80.9 cm³/mol. The van der Waals surface area contributed by atoms with Gasteiger partial charge in [-0.3, -0.25) is 4.79 Å². The van der Waals surface area contributed by atoms with Crippen molar-refractivity contribution in [2.24, 2.45) is 5.92 Å². The Balaban J connectivity index is 1.73. The molecule has 0 radical (unpaired) electrons. The minimum absolute atomic E-state index is 0.160. The maximum atomic E-state index is 12.0. The van der Waals surface area contributed by atoms with Gasteiger partial charge in [-0.25, -0.2) is 0 Å². The average molecular weight is 286 g/mol.